The van der Waals surface area contributed by atoms with E-state index in [0.717, 1.165) is 24.3 Å². The summed E-state index contributed by atoms with van der Waals surface area (Å²) in [5.41, 5.74) is 7.44. The number of methoxy groups -OCH3 is 1. The van der Waals surface area contributed by atoms with Crippen molar-refractivity contribution < 1.29 is 4.74 Å². The molecule has 3 rings (SSSR count). The van der Waals surface area contributed by atoms with Crippen LogP contribution < -0.4 is 5.73 Å². The molecule has 0 saturated heterocycles. The van der Waals surface area contributed by atoms with E-state index in [1.807, 2.05) is 11.3 Å². The van der Waals surface area contributed by atoms with Gasteiger partial charge in [-0.25, -0.2) is 4.98 Å². The largest absolute Gasteiger partial charge is 0.381 e. The smallest absolute Gasteiger partial charge is 0.113 e. The minimum Gasteiger partial charge on any atom is -0.381 e. The molecule has 1 heterocycles. The molecule has 2 aliphatic carbocycles. The Morgan fingerprint density at radius 3 is 2.93 bits per heavy atom. The molecule has 1 aromatic rings. The summed E-state index contributed by atoms with van der Waals surface area (Å²) < 4.78 is 5.28. The van der Waals surface area contributed by atoms with Crippen molar-refractivity contribution in [2.75, 3.05) is 7.11 Å². The quantitative estimate of drug-likeness (QED) is 0.830. The maximum atomic E-state index is 6.32. The number of aromatic nitrogens is 1. The van der Waals surface area contributed by atoms with Crippen LogP contribution in [0.5, 0.6) is 0 Å². The Balaban J connectivity index is 1.82. The topological polar surface area (TPSA) is 48.1 Å². The molecular weight excluding hydrogens is 208 g/mol. The Hall–Kier alpha value is -0.450. The molecule has 1 fully saturated rings. The number of thiazole rings is 1. The number of fused-ring (bicyclic) bond motifs is 1. The lowest BCUT2D eigenvalue weighted by Gasteiger charge is -2.42. The fraction of sp³-hybridized carbons (Fsp3) is 0.727. The highest BCUT2D eigenvalue weighted by molar-refractivity contribution is 7.12. The van der Waals surface area contributed by atoms with Gasteiger partial charge in [-0.2, -0.15) is 0 Å². The summed E-state index contributed by atoms with van der Waals surface area (Å²) in [6.45, 7) is 0. The van der Waals surface area contributed by atoms with Crippen molar-refractivity contribution in [3.8, 4) is 0 Å². The average molecular weight is 224 g/mol. The van der Waals surface area contributed by atoms with E-state index in [-0.39, 0.29) is 5.54 Å². The number of rotatable bonds is 2. The van der Waals surface area contributed by atoms with Gasteiger partial charge in [-0.3, -0.25) is 0 Å². The fourth-order valence-electron chi connectivity index (χ4n) is 2.50. The van der Waals surface area contributed by atoms with E-state index in [4.69, 9.17) is 15.5 Å². The van der Waals surface area contributed by atoms with E-state index < -0.39 is 0 Å². The lowest BCUT2D eigenvalue weighted by Crippen LogP contribution is -2.52. The first-order chi connectivity index (χ1) is 7.21. The van der Waals surface area contributed by atoms with Gasteiger partial charge in [-0.15, -0.1) is 11.3 Å². The van der Waals surface area contributed by atoms with Crippen LogP contribution in [0.25, 0.3) is 0 Å². The zero-order valence-corrected chi connectivity index (χ0v) is 9.77. The summed E-state index contributed by atoms with van der Waals surface area (Å²) in [7, 11) is 1.76. The van der Waals surface area contributed by atoms with Crippen molar-refractivity contribution in [3.05, 3.63) is 15.6 Å². The van der Waals surface area contributed by atoms with Crippen LogP contribution in [0, 0.1) is 0 Å². The maximum Gasteiger partial charge on any atom is 0.113 e. The molecule has 0 unspecified atom stereocenters. The molecule has 0 radical (unpaired) electrons. The first-order valence-corrected chi connectivity index (χ1v) is 6.34. The summed E-state index contributed by atoms with van der Waals surface area (Å²) in [5, 5.41) is 1.14. The van der Waals surface area contributed by atoms with Crippen LogP contribution >= 0.6 is 11.3 Å². The zero-order chi connectivity index (χ0) is 10.5. The third-order valence-corrected chi connectivity index (χ3v) is 4.92. The van der Waals surface area contributed by atoms with E-state index in [2.05, 4.69) is 0 Å². The van der Waals surface area contributed by atoms with Gasteiger partial charge in [0, 0.05) is 12.0 Å². The molecule has 0 atom stereocenters. The van der Waals surface area contributed by atoms with Crippen molar-refractivity contribution in [2.24, 2.45) is 5.73 Å². The Bertz CT molecular complexity index is 360. The van der Waals surface area contributed by atoms with Crippen molar-refractivity contribution in [2.45, 2.75) is 43.7 Å². The fourth-order valence-corrected chi connectivity index (χ4v) is 3.77. The van der Waals surface area contributed by atoms with Gasteiger partial charge >= 0.3 is 0 Å². The Morgan fingerprint density at radius 2 is 2.27 bits per heavy atom. The van der Waals surface area contributed by atoms with E-state index >= 15 is 0 Å². The maximum absolute atomic E-state index is 6.32. The van der Waals surface area contributed by atoms with Gasteiger partial charge in [0.2, 0.25) is 0 Å². The monoisotopic (exact) mass is 224 g/mol. The zero-order valence-electron chi connectivity index (χ0n) is 8.95. The van der Waals surface area contributed by atoms with Crippen LogP contribution in [0.2, 0.25) is 0 Å². The van der Waals surface area contributed by atoms with Gasteiger partial charge in [0.15, 0.2) is 0 Å². The highest BCUT2D eigenvalue weighted by atomic mass is 32.1. The summed E-state index contributed by atoms with van der Waals surface area (Å²) >= 11 is 1.83. The number of ether oxygens (including phenoxy) is 1. The molecule has 15 heavy (non-hydrogen) atoms. The Morgan fingerprint density at radius 1 is 1.47 bits per heavy atom. The molecule has 2 N–H and O–H groups in total. The molecule has 2 aliphatic rings. The molecule has 82 valence electrons. The number of nitrogens with zero attached hydrogens (tertiary/aromatic N) is 1. The third kappa shape index (κ3) is 1.43. The van der Waals surface area contributed by atoms with Crippen molar-refractivity contribution in [1.29, 1.82) is 0 Å². The minimum absolute atomic E-state index is 0.185. The molecule has 0 spiro atoms. The molecule has 1 saturated carbocycles. The highest BCUT2D eigenvalue weighted by Gasteiger charge is 2.45. The normalized spacial score (nSPS) is 33.9. The number of nitrogens with two attached hydrogens (primary N) is 1. The SMILES string of the molecule is COC1CC(N)(c2nc3c(s2)CCC3)C1. The number of hydrogen-bond donors (Lipinski definition) is 1. The molecule has 0 amide bonds. The van der Waals surface area contributed by atoms with Crippen molar-refractivity contribution >= 4 is 11.3 Å². The van der Waals surface area contributed by atoms with Crippen LogP contribution in [-0.2, 0) is 23.1 Å². The molecule has 0 aliphatic heterocycles. The second-order valence-corrected chi connectivity index (χ2v) is 5.75. The Labute approximate surface area is 93.7 Å². The first kappa shape index (κ1) is 9.75. The van der Waals surface area contributed by atoms with E-state index in [1.54, 1.807) is 7.11 Å². The summed E-state index contributed by atoms with van der Waals surface area (Å²) in [6, 6.07) is 0. The van der Waals surface area contributed by atoms with Gasteiger partial charge in [-0.05, 0) is 32.1 Å². The van der Waals surface area contributed by atoms with Gasteiger partial charge < -0.3 is 10.5 Å². The lowest BCUT2D eigenvalue weighted by atomic mass is 9.75. The van der Waals surface area contributed by atoms with E-state index in [1.165, 1.54) is 23.4 Å². The standard InChI is InChI=1S/C11H16N2OS/c1-14-7-5-11(12,6-7)10-13-8-3-2-4-9(8)15-10/h7H,2-6,12H2,1H3. The molecule has 3 nitrogen and oxygen atoms in total. The average Bonchev–Trinajstić information content (AvgIpc) is 2.71. The predicted octanol–water partition coefficient (Wildman–Crippen LogP) is 1.59. The van der Waals surface area contributed by atoms with Crippen molar-refractivity contribution in [3.63, 3.8) is 0 Å². The lowest BCUT2D eigenvalue weighted by molar-refractivity contribution is -0.0163. The highest BCUT2D eigenvalue weighted by Crippen LogP contribution is 2.43. The molecular formula is C11H16N2OS. The first-order valence-electron chi connectivity index (χ1n) is 5.52. The second kappa shape index (κ2) is 3.27. The van der Waals surface area contributed by atoms with Gasteiger partial charge in [-0.1, -0.05) is 0 Å². The summed E-state index contributed by atoms with van der Waals surface area (Å²) in [5.74, 6) is 0. The predicted molar refractivity (Wildman–Crippen MR) is 60.0 cm³/mol. The molecule has 0 aromatic carbocycles. The van der Waals surface area contributed by atoms with Crippen LogP contribution in [0.4, 0.5) is 0 Å². The van der Waals surface area contributed by atoms with Crippen LogP contribution in [0.15, 0.2) is 0 Å². The minimum atomic E-state index is -0.185. The van der Waals surface area contributed by atoms with Crippen molar-refractivity contribution in [1.82, 2.24) is 4.98 Å². The molecule has 1 aromatic heterocycles. The van der Waals surface area contributed by atoms with Crippen LogP contribution in [0.3, 0.4) is 0 Å². The third-order valence-electron chi connectivity index (χ3n) is 3.54. The van der Waals surface area contributed by atoms with Gasteiger partial charge in [0.1, 0.15) is 5.01 Å². The second-order valence-electron chi connectivity index (χ2n) is 4.66. The van der Waals surface area contributed by atoms with E-state index in [9.17, 15) is 0 Å². The number of aryl methyl sites for hydroxylation is 2. The number of hydrogen-bond acceptors (Lipinski definition) is 4. The van der Waals surface area contributed by atoms with Crippen LogP contribution in [-0.4, -0.2) is 18.2 Å². The summed E-state index contributed by atoms with van der Waals surface area (Å²) in [4.78, 5) is 6.16. The summed E-state index contributed by atoms with van der Waals surface area (Å²) in [6.07, 6.45) is 5.82. The van der Waals surface area contributed by atoms with Gasteiger partial charge in [0.05, 0.1) is 17.3 Å². The van der Waals surface area contributed by atoms with Gasteiger partial charge in [0.25, 0.3) is 0 Å². The van der Waals surface area contributed by atoms with E-state index in [0.29, 0.717) is 6.10 Å². The molecule has 0 bridgehead atoms. The Kier molecular flexibility index (Phi) is 2.13. The van der Waals surface area contributed by atoms with Crippen LogP contribution in [0.1, 0.15) is 34.8 Å². The molecule has 4 heteroatoms.